The Kier molecular flexibility index (Phi) is 2.81. The molecule has 0 N–H and O–H groups in total. The fourth-order valence-corrected chi connectivity index (χ4v) is 2.06. The molecule has 1 aliphatic carbocycles. The summed E-state index contributed by atoms with van der Waals surface area (Å²) < 4.78 is 49.9. The van der Waals surface area contributed by atoms with Gasteiger partial charge in [0.2, 0.25) is 0 Å². The first-order valence-corrected chi connectivity index (χ1v) is 5.25. The first-order chi connectivity index (χ1) is 7.80. The number of nitrogens with zero attached hydrogens (tertiary/aromatic N) is 1. The number of rotatable bonds is 0. The summed E-state index contributed by atoms with van der Waals surface area (Å²) in [6.07, 6.45) is -1.74. The van der Waals surface area contributed by atoms with Crippen molar-refractivity contribution in [1.82, 2.24) is 0 Å². The number of hydrogen-bond acceptors (Lipinski definition) is 2. The van der Waals surface area contributed by atoms with Crippen LogP contribution in [0.4, 0.5) is 17.6 Å². The standard InChI is InChI=1S/C10H4BrF4NO/c11-7-8(17)5-3-4(12)1-2-6(5)16-9(7)10(13,14)15/h1-3,5H. The van der Waals surface area contributed by atoms with Gasteiger partial charge in [-0.1, -0.05) is 0 Å². The molecule has 0 fully saturated rings. The zero-order valence-electron chi connectivity index (χ0n) is 8.05. The van der Waals surface area contributed by atoms with Gasteiger partial charge in [0.1, 0.15) is 5.83 Å². The van der Waals surface area contributed by atoms with Crippen molar-refractivity contribution in [3.8, 4) is 0 Å². The van der Waals surface area contributed by atoms with Crippen LogP contribution in [-0.4, -0.2) is 17.7 Å². The summed E-state index contributed by atoms with van der Waals surface area (Å²) in [5.74, 6) is -2.60. The minimum atomic E-state index is -4.72. The number of alkyl halides is 3. The highest BCUT2D eigenvalue weighted by molar-refractivity contribution is 9.12. The minimum Gasteiger partial charge on any atom is -0.292 e. The van der Waals surface area contributed by atoms with Crippen LogP contribution < -0.4 is 0 Å². The molecule has 0 saturated carbocycles. The fraction of sp³-hybridized carbons (Fsp3) is 0.200. The van der Waals surface area contributed by atoms with E-state index in [0.29, 0.717) is 0 Å². The highest BCUT2D eigenvalue weighted by Gasteiger charge is 2.43. The van der Waals surface area contributed by atoms with Crippen molar-refractivity contribution in [2.45, 2.75) is 6.18 Å². The lowest BCUT2D eigenvalue weighted by Gasteiger charge is -2.22. The van der Waals surface area contributed by atoms with Crippen molar-refractivity contribution < 1.29 is 22.4 Å². The van der Waals surface area contributed by atoms with Crippen LogP contribution in [0.1, 0.15) is 0 Å². The number of fused-ring (bicyclic) bond motifs is 1. The van der Waals surface area contributed by atoms with Gasteiger partial charge in [0.15, 0.2) is 11.5 Å². The van der Waals surface area contributed by atoms with Gasteiger partial charge in [-0.15, -0.1) is 0 Å². The summed E-state index contributed by atoms with van der Waals surface area (Å²) >= 11 is 2.57. The molecule has 0 radical (unpaired) electrons. The number of aliphatic imine (C=N–C) groups is 1. The Morgan fingerprint density at radius 3 is 2.53 bits per heavy atom. The smallest absolute Gasteiger partial charge is 0.292 e. The molecule has 0 aromatic heterocycles. The zero-order valence-corrected chi connectivity index (χ0v) is 9.64. The van der Waals surface area contributed by atoms with Crippen molar-refractivity contribution in [3.63, 3.8) is 0 Å². The van der Waals surface area contributed by atoms with E-state index in [1.807, 2.05) is 0 Å². The lowest BCUT2D eigenvalue weighted by atomic mass is 9.90. The van der Waals surface area contributed by atoms with Crippen LogP contribution in [0.25, 0.3) is 0 Å². The molecule has 2 aliphatic rings. The Morgan fingerprint density at radius 1 is 1.29 bits per heavy atom. The van der Waals surface area contributed by atoms with E-state index in [1.54, 1.807) is 0 Å². The maximum Gasteiger partial charge on any atom is 0.434 e. The number of carbonyl (C=O) groups is 1. The van der Waals surface area contributed by atoms with Gasteiger partial charge in [-0.2, -0.15) is 13.2 Å². The number of allylic oxidation sites excluding steroid dienone is 6. The molecule has 1 atom stereocenters. The van der Waals surface area contributed by atoms with Gasteiger partial charge in [0.25, 0.3) is 0 Å². The van der Waals surface area contributed by atoms with Crippen LogP contribution in [0, 0.1) is 5.92 Å². The van der Waals surface area contributed by atoms with Crippen molar-refractivity contribution >= 4 is 27.4 Å². The molecular formula is C10H4BrF4NO. The van der Waals surface area contributed by atoms with Gasteiger partial charge in [-0.3, -0.25) is 4.79 Å². The van der Waals surface area contributed by atoms with Gasteiger partial charge in [0.05, 0.1) is 16.1 Å². The van der Waals surface area contributed by atoms with E-state index < -0.39 is 33.9 Å². The van der Waals surface area contributed by atoms with Crippen molar-refractivity contribution in [2.75, 3.05) is 0 Å². The highest BCUT2D eigenvalue weighted by atomic mass is 79.9. The molecule has 0 aromatic rings. The Balaban J connectivity index is 2.53. The minimum absolute atomic E-state index is 0.105. The Bertz CT molecular complexity index is 513. The number of Topliss-reactive ketones (excluding diaryl/α,β-unsaturated/α-hetero) is 1. The van der Waals surface area contributed by atoms with E-state index in [9.17, 15) is 22.4 Å². The average Bonchev–Trinajstić information content (AvgIpc) is 2.22. The van der Waals surface area contributed by atoms with E-state index in [4.69, 9.17) is 0 Å². The lowest BCUT2D eigenvalue weighted by molar-refractivity contribution is -0.118. The third-order valence-electron chi connectivity index (χ3n) is 2.27. The number of carbonyl (C=O) groups excluding carboxylic acids is 1. The van der Waals surface area contributed by atoms with Crippen LogP contribution in [0.2, 0.25) is 0 Å². The van der Waals surface area contributed by atoms with Crippen LogP contribution in [0.5, 0.6) is 0 Å². The first kappa shape index (κ1) is 12.2. The molecule has 0 saturated heterocycles. The monoisotopic (exact) mass is 309 g/mol. The molecule has 1 aliphatic heterocycles. The quantitative estimate of drug-likeness (QED) is 0.632. The van der Waals surface area contributed by atoms with Crippen molar-refractivity contribution in [3.05, 3.63) is 34.2 Å². The largest absolute Gasteiger partial charge is 0.434 e. The Morgan fingerprint density at radius 2 is 1.94 bits per heavy atom. The molecular weight excluding hydrogens is 306 g/mol. The molecule has 0 aromatic carbocycles. The summed E-state index contributed by atoms with van der Waals surface area (Å²) in [7, 11) is 0. The van der Waals surface area contributed by atoms with Crippen molar-refractivity contribution in [1.29, 1.82) is 0 Å². The third-order valence-corrected chi connectivity index (χ3v) is 3.04. The normalized spacial score (nSPS) is 24.5. The SMILES string of the molecule is O=C1C(Br)=C(C(F)(F)F)N=C2C=CC(F)=CC12. The molecule has 90 valence electrons. The Labute approximate surface area is 102 Å². The van der Waals surface area contributed by atoms with Gasteiger partial charge < -0.3 is 0 Å². The second kappa shape index (κ2) is 3.90. The van der Waals surface area contributed by atoms with Crippen LogP contribution in [0.15, 0.2) is 39.2 Å². The molecule has 0 amide bonds. The summed E-state index contributed by atoms with van der Waals surface area (Å²) in [6.45, 7) is 0. The second-order valence-electron chi connectivity index (χ2n) is 3.42. The molecule has 1 unspecified atom stereocenters. The number of hydrogen-bond donors (Lipinski definition) is 0. The maximum absolute atomic E-state index is 12.9. The Hall–Kier alpha value is -1.24. The number of ketones is 1. The molecule has 0 bridgehead atoms. The zero-order chi connectivity index (χ0) is 12.8. The van der Waals surface area contributed by atoms with Gasteiger partial charge >= 0.3 is 6.18 Å². The van der Waals surface area contributed by atoms with Crippen LogP contribution in [0.3, 0.4) is 0 Å². The highest BCUT2D eigenvalue weighted by Crippen LogP contribution is 2.38. The molecule has 2 nitrogen and oxygen atoms in total. The summed E-state index contributed by atoms with van der Waals surface area (Å²) in [5, 5.41) is 0. The van der Waals surface area contributed by atoms with Crippen molar-refractivity contribution in [2.24, 2.45) is 10.9 Å². The average molecular weight is 310 g/mol. The van der Waals surface area contributed by atoms with Crippen LogP contribution >= 0.6 is 15.9 Å². The van der Waals surface area contributed by atoms with Crippen LogP contribution in [-0.2, 0) is 4.79 Å². The lowest BCUT2D eigenvalue weighted by Crippen LogP contribution is -2.30. The maximum atomic E-state index is 12.9. The molecule has 17 heavy (non-hydrogen) atoms. The van der Waals surface area contributed by atoms with E-state index in [0.717, 1.165) is 18.2 Å². The third kappa shape index (κ3) is 2.11. The predicted molar refractivity (Wildman–Crippen MR) is 56.3 cm³/mol. The van der Waals surface area contributed by atoms with Gasteiger partial charge in [-0.25, -0.2) is 9.38 Å². The van der Waals surface area contributed by atoms with E-state index in [1.165, 1.54) is 0 Å². The predicted octanol–water partition coefficient (Wildman–Crippen LogP) is 3.22. The number of halogens is 5. The van der Waals surface area contributed by atoms with Gasteiger partial charge in [-0.05, 0) is 34.2 Å². The molecule has 7 heteroatoms. The molecule has 1 heterocycles. The van der Waals surface area contributed by atoms with E-state index in [-0.39, 0.29) is 5.71 Å². The second-order valence-corrected chi connectivity index (χ2v) is 4.22. The van der Waals surface area contributed by atoms with Gasteiger partial charge in [0, 0.05) is 0 Å². The fourth-order valence-electron chi connectivity index (χ4n) is 1.50. The molecule has 2 rings (SSSR count). The van der Waals surface area contributed by atoms with E-state index >= 15 is 0 Å². The summed E-state index contributed by atoms with van der Waals surface area (Å²) in [6, 6.07) is 0. The van der Waals surface area contributed by atoms with E-state index in [2.05, 4.69) is 20.9 Å². The summed E-state index contributed by atoms with van der Waals surface area (Å²) in [4.78, 5) is 15.0. The first-order valence-electron chi connectivity index (χ1n) is 4.46. The summed E-state index contributed by atoms with van der Waals surface area (Å²) in [5.41, 5.74) is -1.39. The topological polar surface area (TPSA) is 29.4 Å². The molecule has 0 spiro atoms.